The van der Waals surface area contributed by atoms with Gasteiger partial charge in [0.1, 0.15) is 5.82 Å². The highest BCUT2D eigenvalue weighted by Gasteiger charge is 2.20. The zero-order chi connectivity index (χ0) is 12.4. The predicted octanol–water partition coefficient (Wildman–Crippen LogP) is 2.88. The lowest BCUT2D eigenvalue weighted by Crippen LogP contribution is -2.34. The number of nitrogens with zero attached hydrogens (tertiary/aromatic N) is 3. The van der Waals surface area contributed by atoms with E-state index in [-0.39, 0.29) is 10.8 Å². The molecule has 1 atom stereocenters. The van der Waals surface area contributed by atoms with E-state index in [9.17, 15) is 10.1 Å². The summed E-state index contributed by atoms with van der Waals surface area (Å²) in [6.07, 6.45) is 2.34. The van der Waals surface area contributed by atoms with Crippen LogP contribution in [0.15, 0.2) is 12.1 Å². The molecule has 0 aromatic carbocycles. The van der Waals surface area contributed by atoms with Gasteiger partial charge in [-0.1, -0.05) is 18.5 Å². The molecule has 0 saturated carbocycles. The number of piperidine rings is 1. The second-order valence-corrected chi connectivity index (χ2v) is 4.79. The fourth-order valence-corrected chi connectivity index (χ4v) is 2.35. The normalized spacial score (nSPS) is 20.4. The van der Waals surface area contributed by atoms with Crippen molar-refractivity contribution >= 4 is 23.1 Å². The highest BCUT2D eigenvalue weighted by atomic mass is 35.5. The number of hydrogen-bond acceptors (Lipinski definition) is 4. The minimum Gasteiger partial charge on any atom is -0.356 e. The van der Waals surface area contributed by atoms with E-state index < -0.39 is 4.92 Å². The molecule has 0 amide bonds. The SMILES string of the molecule is CC1CCCN(c2ccc([N+](=O)[O-])c(Cl)n2)C1. The molecule has 0 spiro atoms. The Morgan fingerprint density at radius 3 is 2.94 bits per heavy atom. The minimum atomic E-state index is -0.516. The zero-order valence-corrected chi connectivity index (χ0v) is 10.4. The van der Waals surface area contributed by atoms with Crippen molar-refractivity contribution in [2.24, 2.45) is 5.92 Å². The van der Waals surface area contributed by atoms with Gasteiger partial charge in [-0.2, -0.15) is 0 Å². The Morgan fingerprint density at radius 2 is 2.35 bits per heavy atom. The Balaban J connectivity index is 2.22. The number of anilines is 1. The van der Waals surface area contributed by atoms with Crippen molar-refractivity contribution in [3.05, 3.63) is 27.4 Å². The molecule has 2 rings (SSSR count). The van der Waals surface area contributed by atoms with E-state index in [1.165, 1.54) is 12.5 Å². The summed E-state index contributed by atoms with van der Waals surface area (Å²) in [5.74, 6) is 1.35. The van der Waals surface area contributed by atoms with Crippen molar-refractivity contribution in [3.63, 3.8) is 0 Å². The summed E-state index contributed by atoms with van der Waals surface area (Å²) >= 11 is 5.80. The zero-order valence-electron chi connectivity index (χ0n) is 9.60. The average molecular weight is 256 g/mol. The van der Waals surface area contributed by atoms with Crippen LogP contribution in [-0.4, -0.2) is 23.0 Å². The maximum Gasteiger partial charge on any atom is 0.306 e. The van der Waals surface area contributed by atoms with Crippen molar-refractivity contribution in [3.8, 4) is 0 Å². The topological polar surface area (TPSA) is 59.3 Å². The van der Waals surface area contributed by atoms with Gasteiger partial charge in [-0.15, -0.1) is 0 Å². The molecule has 1 aliphatic rings. The molecule has 1 aromatic rings. The standard InChI is InChI=1S/C11H14ClN3O2/c1-8-3-2-6-14(7-8)10-5-4-9(15(16)17)11(12)13-10/h4-5,8H,2-3,6-7H2,1H3. The van der Waals surface area contributed by atoms with Gasteiger partial charge >= 0.3 is 5.69 Å². The van der Waals surface area contributed by atoms with Crippen LogP contribution in [0.3, 0.4) is 0 Å². The van der Waals surface area contributed by atoms with E-state index in [0.717, 1.165) is 25.3 Å². The van der Waals surface area contributed by atoms with Crippen LogP contribution in [0.2, 0.25) is 5.15 Å². The van der Waals surface area contributed by atoms with E-state index in [4.69, 9.17) is 11.6 Å². The van der Waals surface area contributed by atoms with Crippen molar-refractivity contribution in [1.29, 1.82) is 0 Å². The summed E-state index contributed by atoms with van der Waals surface area (Å²) in [7, 11) is 0. The van der Waals surface area contributed by atoms with E-state index >= 15 is 0 Å². The lowest BCUT2D eigenvalue weighted by molar-refractivity contribution is -0.385. The van der Waals surface area contributed by atoms with Crippen LogP contribution >= 0.6 is 11.6 Å². The van der Waals surface area contributed by atoms with Crippen LogP contribution in [0, 0.1) is 16.0 Å². The Bertz CT molecular complexity index is 439. The molecule has 17 heavy (non-hydrogen) atoms. The fraction of sp³-hybridized carbons (Fsp3) is 0.545. The summed E-state index contributed by atoms with van der Waals surface area (Å²) in [5, 5.41) is 10.6. The van der Waals surface area contributed by atoms with Gasteiger partial charge in [0.2, 0.25) is 5.15 Å². The summed E-state index contributed by atoms with van der Waals surface area (Å²) in [5.41, 5.74) is -0.138. The number of nitro groups is 1. The highest BCUT2D eigenvalue weighted by Crippen LogP contribution is 2.27. The molecule has 0 radical (unpaired) electrons. The first-order valence-electron chi connectivity index (χ1n) is 5.64. The molecule has 0 bridgehead atoms. The first-order valence-corrected chi connectivity index (χ1v) is 6.01. The van der Waals surface area contributed by atoms with Crippen LogP contribution in [0.5, 0.6) is 0 Å². The van der Waals surface area contributed by atoms with Gasteiger partial charge in [-0.05, 0) is 24.8 Å². The molecule has 1 aliphatic heterocycles. The molecule has 1 unspecified atom stereocenters. The van der Waals surface area contributed by atoms with Gasteiger partial charge in [0, 0.05) is 19.2 Å². The lowest BCUT2D eigenvalue weighted by Gasteiger charge is -2.31. The van der Waals surface area contributed by atoms with Gasteiger partial charge in [0.05, 0.1) is 4.92 Å². The number of pyridine rings is 1. The van der Waals surface area contributed by atoms with Crippen molar-refractivity contribution in [2.75, 3.05) is 18.0 Å². The maximum absolute atomic E-state index is 10.6. The molecule has 92 valence electrons. The third-order valence-corrected chi connectivity index (χ3v) is 3.27. The Labute approximate surface area is 105 Å². The highest BCUT2D eigenvalue weighted by molar-refractivity contribution is 6.31. The van der Waals surface area contributed by atoms with Crippen LogP contribution in [0.4, 0.5) is 11.5 Å². The third-order valence-electron chi connectivity index (χ3n) is 2.99. The molecule has 1 saturated heterocycles. The molecule has 0 N–H and O–H groups in total. The third kappa shape index (κ3) is 2.66. The van der Waals surface area contributed by atoms with Crippen LogP contribution in [-0.2, 0) is 0 Å². The molecule has 2 heterocycles. The number of rotatable bonds is 2. The first kappa shape index (κ1) is 12.1. The lowest BCUT2D eigenvalue weighted by atomic mass is 10.0. The fourth-order valence-electron chi connectivity index (χ4n) is 2.13. The monoisotopic (exact) mass is 255 g/mol. The first-order chi connectivity index (χ1) is 8.08. The Hall–Kier alpha value is -1.36. The predicted molar refractivity (Wildman–Crippen MR) is 66.5 cm³/mol. The van der Waals surface area contributed by atoms with Gasteiger partial charge in [0.15, 0.2) is 0 Å². The summed E-state index contributed by atoms with van der Waals surface area (Å²) in [4.78, 5) is 16.3. The van der Waals surface area contributed by atoms with Crippen LogP contribution < -0.4 is 4.90 Å². The second-order valence-electron chi connectivity index (χ2n) is 4.43. The Morgan fingerprint density at radius 1 is 1.59 bits per heavy atom. The molecule has 0 aliphatic carbocycles. The summed E-state index contributed by atoms with van der Waals surface area (Å²) < 4.78 is 0. The van der Waals surface area contributed by atoms with Crippen molar-refractivity contribution < 1.29 is 4.92 Å². The van der Waals surface area contributed by atoms with Gasteiger partial charge in [-0.3, -0.25) is 10.1 Å². The minimum absolute atomic E-state index is 0.0364. The van der Waals surface area contributed by atoms with Crippen LogP contribution in [0.25, 0.3) is 0 Å². The van der Waals surface area contributed by atoms with E-state index in [1.807, 2.05) is 0 Å². The Kier molecular flexibility index (Phi) is 3.47. The van der Waals surface area contributed by atoms with Crippen LogP contribution in [0.1, 0.15) is 19.8 Å². The van der Waals surface area contributed by atoms with Gasteiger partial charge < -0.3 is 4.90 Å². The van der Waals surface area contributed by atoms with E-state index in [2.05, 4.69) is 16.8 Å². The largest absolute Gasteiger partial charge is 0.356 e. The van der Waals surface area contributed by atoms with Crippen molar-refractivity contribution in [1.82, 2.24) is 4.98 Å². The van der Waals surface area contributed by atoms with E-state index in [1.54, 1.807) is 6.07 Å². The van der Waals surface area contributed by atoms with Crippen molar-refractivity contribution in [2.45, 2.75) is 19.8 Å². The maximum atomic E-state index is 10.6. The molecular weight excluding hydrogens is 242 g/mol. The molecule has 1 fully saturated rings. The molecule has 5 nitrogen and oxygen atoms in total. The quantitative estimate of drug-likeness (QED) is 0.463. The second kappa shape index (κ2) is 4.87. The molecule has 1 aromatic heterocycles. The number of hydrogen-bond donors (Lipinski definition) is 0. The van der Waals surface area contributed by atoms with Gasteiger partial charge in [0.25, 0.3) is 0 Å². The number of aromatic nitrogens is 1. The average Bonchev–Trinajstić information content (AvgIpc) is 2.28. The molecular formula is C11H14ClN3O2. The molecule has 6 heteroatoms. The summed E-state index contributed by atoms with van der Waals surface area (Å²) in [6.45, 7) is 4.06. The smallest absolute Gasteiger partial charge is 0.306 e. The van der Waals surface area contributed by atoms with Gasteiger partial charge in [-0.25, -0.2) is 4.98 Å². The summed E-state index contributed by atoms with van der Waals surface area (Å²) in [6, 6.07) is 3.09. The van der Waals surface area contributed by atoms with E-state index in [0.29, 0.717) is 5.92 Å². The number of halogens is 1.